The van der Waals surface area contributed by atoms with E-state index >= 15 is 0 Å². The molecule has 0 aliphatic rings. The smallest absolute Gasteiger partial charge is 0.419 e. The number of hydrogen-bond donors (Lipinski definition) is 0. The second-order valence-electron chi connectivity index (χ2n) is 5.30. The summed E-state index contributed by atoms with van der Waals surface area (Å²) in [5.74, 6) is -0.783. The van der Waals surface area contributed by atoms with Gasteiger partial charge >= 0.3 is 11.7 Å². The lowest BCUT2D eigenvalue weighted by Gasteiger charge is -2.05. The molecule has 0 amide bonds. The average molecular weight is 422 g/mol. The van der Waals surface area contributed by atoms with Gasteiger partial charge in [0.25, 0.3) is 5.69 Å². The van der Waals surface area contributed by atoms with Gasteiger partial charge in [0, 0.05) is 25.2 Å². The largest absolute Gasteiger partial charge is 0.424 e. The third kappa shape index (κ3) is 3.80. The molecule has 1 aromatic carbocycles. The molecule has 9 nitrogen and oxygen atoms in total. The first kappa shape index (κ1) is 17.8. The predicted molar refractivity (Wildman–Crippen MR) is 93.9 cm³/mol. The van der Waals surface area contributed by atoms with Crippen LogP contribution in [-0.2, 0) is 11.3 Å². The molecular weight excluding hydrogens is 410 g/mol. The number of rotatable bonds is 6. The Labute approximate surface area is 154 Å². The van der Waals surface area contributed by atoms with Crippen molar-refractivity contribution >= 4 is 38.7 Å². The van der Waals surface area contributed by atoms with Gasteiger partial charge in [-0.15, -0.1) is 0 Å². The normalized spacial score (nSPS) is 10.8. The van der Waals surface area contributed by atoms with Crippen LogP contribution >= 0.6 is 15.9 Å². The van der Waals surface area contributed by atoms with E-state index in [0.29, 0.717) is 22.3 Å². The molecule has 0 unspecified atom stereocenters. The van der Waals surface area contributed by atoms with Crippen LogP contribution in [0.25, 0.3) is 11.1 Å². The van der Waals surface area contributed by atoms with E-state index < -0.39 is 16.6 Å². The molecule has 134 valence electrons. The summed E-state index contributed by atoms with van der Waals surface area (Å²) in [5.41, 5.74) is 0.402. The number of aryl methyl sites for hydroxylation is 1. The van der Waals surface area contributed by atoms with Crippen LogP contribution in [0.15, 0.2) is 50.3 Å². The molecule has 0 atom stereocenters. The zero-order valence-corrected chi connectivity index (χ0v) is 14.8. The van der Waals surface area contributed by atoms with Gasteiger partial charge in [0.05, 0.1) is 16.5 Å². The van der Waals surface area contributed by atoms with Crippen molar-refractivity contribution in [2.75, 3.05) is 0 Å². The molecule has 2 heterocycles. The van der Waals surface area contributed by atoms with E-state index in [0.717, 1.165) is 0 Å². The number of carbonyl (C=O) groups is 1. The number of fused-ring (bicyclic) bond motifs is 1. The summed E-state index contributed by atoms with van der Waals surface area (Å²) in [6.07, 6.45) is 1.97. The molecule has 0 spiro atoms. The molecule has 3 aromatic rings. The third-order valence-corrected chi connectivity index (χ3v) is 4.17. The number of halogens is 1. The highest BCUT2D eigenvalue weighted by molar-refractivity contribution is 9.10. The van der Waals surface area contributed by atoms with Gasteiger partial charge in [0.15, 0.2) is 11.3 Å². The van der Waals surface area contributed by atoms with Crippen molar-refractivity contribution in [2.24, 2.45) is 0 Å². The van der Waals surface area contributed by atoms with Gasteiger partial charge in [0.2, 0.25) is 0 Å². The van der Waals surface area contributed by atoms with Crippen LogP contribution in [-0.4, -0.2) is 20.4 Å². The average Bonchev–Trinajstić information content (AvgIpc) is 2.91. The SMILES string of the molecule is O=C(CCCn1c(=O)oc2cc([N+](=O)[O-])ccc21)Oc1cccnc1Br. The van der Waals surface area contributed by atoms with E-state index in [1.165, 1.54) is 22.8 Å². The highest BCUT2D eigenvalue weighted by Gasteiger charge is 2.15. The number of nitrogens with zero attached hydrogens (tertiary/aromatic N) is 3. The lowest BCUT2D eigenvalue weighted by molar-refractivity contribution is -0.384. The monoisotopic (exact) mass is 421 g/mol. The Morgan fingerprint density at radius 1 is 1.38 bits per heavy atom. The van der Waals surface area contributed by atoms with Gasteiger partial charge < -0.3 is 9.15 Å². The quantitative estimate of drug-likeness (QED) is 0.259. The Morgan fingerprint density at radius 3 is 2.92 bits per heavy atom. The zero-order valence-electron chi connectivity index (χ0n) is 13.3. The van der Waals surface area contributed by atoms with Crippen molar-refractivity contribution in [3.05, 3.63) is 61.8 Å². The maximum absolute atomic E-state index is 11.9. The third-order valence-electron chi connectivity index (χ3n) is 3.57. The lowest BCUT2D eigenvalue weighted by atomic mass is 10.2. The Hall–Kier alpha value is -3.01. The fourth-order valence-corrected chi connectivity index (χ4v) is 2.71. The minimum Gasteiger partial charge on any atom is -0.424 e. The molecule has 2 aromatic heterocycles. The molecule has 0 aliphatic heterocycles. The van der Waals surface area contributed by atoms with Crippen molar-refractivity contribution in [1.29, 1.82) is 0 Å². The Morgan fingerprint density at radius 2 is 2.19 bits per heavy atom. The molecule has 26 heavy (non-hydrogen) atoms. The predicted octanol–water partition coefficient (Wildman–Crippen LogP) is 3.05. The summed E-state index contributed by atoms with van der Waals surface area (Å²) in [6.45, 7) is 0.215. The fraction of sp³-hybridized carbons (Fsp3) is 0.188. The van der Waals surface area contributed by atoms with Gasteiger partial charge in [-0.3, -0.25) is 19.5 Å². The number of non-ortho nitro benzene ring substituents is 1. The van der Waals surface area contributed by atoms with Gasteiger partial charge in [-0.25, -0.2) is 9.78 Å². The Kier molecular flexibility index (Phi) is 5.12. The molecule has 0 radical (unpaired) electrons. The molecule has 0 fully saturated rings. The number of nitro benzene ring substituents is 1. The molecule has 0 saturated carbocycles. The van der Waals surface area contributed by atoms with Crippen LogP contribution in [0.1, 0.15) is 12.8 Å². The summed E-state index contributed by atoms with van der Waals surface area (Å²) in [4.78, 5) is 38.0. The van der Waals surface area contributed by atoms with E-state index in [1.807, 2.05) is 0 Å². The van der Waals surface area contributed by atoms with E-state index in [4.69, 9.17) is 9.15 Å². The maximum Gasteiger partial charge on any atom is 0.419 e. The number of benzene rings is 1. The summed E-state index contributed by atoms with van der Waals surface area (Å²) in [5, 5.41) is 10.8. The van der Waals surface area contributed by atoms with E-state index in [-0.39, 0.29) is 24.2 Å². The minimum absolute atomic E-state index is 0.0768. The molecule has 0 N–H and O–H groups in total. The topological polar surface area (TPSA) is 117 Å². The first-order valence-electron chi connectivity index (χ1n) is 7.54. The molecule has 0 aliphatic carbocycles. The van der Waals surface area contributed by atoms with Crippen LogP contribution in [0.2, 0.25) is 0 Å². The Bertz CT molecular complexity index is 1040. The summed E-state index contributed by atoms with van der Waals surface area (Å²) >= 11 is 3.18. The number of pyridine rings is 1. The van der Waals surface area contributed by atoms with Crippen LogP contribution in [0, 0.1) is 10.1 Å². The minimum atomic E-state index is -0.635. The van der Waals surface area contributed by atoms with E-state index in [2.05, 4.69) is 20.9 Å². The van der Waals surface area contributed by atoms with Crippen molar-refractivity contribution in [2.45, 2.75) is 19.4 Å². The number of ether oxygens (including phenoxy) is 1. The van der Waals surface area contributed by atoms with E-state index in [9.17, 15) is 19.7 Å². The number of hydrogen-bond acceptors (Lipinski definition) is 7. The number of nitro groups is 1. The van der Waals surface area contributed by atoms with Crippen molar-refractivity contribution in [1.82, 2.24) is 9.55 Å². The van der Waals surface area contributed by atoms with Gasteiger partial charge in [0.1, 0.15) is 4.60 Å². The van der Waals surface area contributed by atoms with Gasteiger partial charge in [-0.1, -0.05) is 0 Å². The molecule has 0 bridgehead atoms. The van der Waals surface area contributed by atoms with Gasteiger partial charge in [-0.2, -0.15) is 0 Å². The summed E-state index contributed by atoms with van der Waals surface area (Å²) in [7, 11) is 0. The molecule has 3 rings (SSSR count). The molecular formula is C16H12BrN3O6. The van der Waals surface area contributed by atoms with Crippen LogP contribution in [0.3, 0.4) is 0 Å². The van der Waals surface area contributed by atoms with Crippen molar-refractivity contribution in [3.8, 4) is 5.75 Å². The standard InChI is InChI=1S/C16H12BrN3O6/c17-15-12(3-1-7-18-15)25-14(21)4-2-8-19-11-6-5-10(20(23)24)9-13(11)26-16(19)22/h1,3,5-7,9H,2,4,8H2. The summed E-state index contributed by atoms with van der Waals surface area (Å²) < 4.78 is 12.0. The number of esters is 1. The van der Waals surface area contributed by atoms with Crippen molar-refractivity contribution < 1.29 is 18.9 Å². The molecule has 10 heteroatoms. The number of carbonyl (C=O) groups excluding carboxylic acids is 1. The van der Waals surface area contributed by atoms with E-state index in [1.54, 1.807) is 18.3 Å². The molecule has 0 saturated heterocycles. The first-order chi connectivity index (χ1) is 12.5. The zero-order chi connectivity index (χ0) is 18.7. The second-order valence-corrected chi connectivity index (χ2v) is 6.05. The highest BCUT2D eigenvalue weighted by atomic mass is 79.9. The lowest BCUT2D eigenvalue weighted by Crippen LogP contribution is -2.16. The summed E-state index contributed by atoms with van der Waals surface area (Å²) in [6, 6.07) is 7.19. The van der Waals surface area contributed by atoms with Gasteiger partial charge in [-0.05, 0) is 40.5 Å². The maximum atomic E-state index is 11.9. The van der Waals surface area contributed by atoms with Crippen LogP contribution < -0.4 is 10.5 Å². The van der Waals surface area contributed by atoms with Crippen LogP contribution in [0.4, 0.5) is 5.69 Å². The second kappa shape index (κ2) is 7.48. The van der Waals surface area contributed by atoms with Crippen molar-refractivity contribution in [3.63, 3.8) is 0 Å². The number of aromatic nitrogens is 2. The number of oxazole rings is 1. The van der Waals surface area contributed by atoms with Crippen LogP contribution in [0.5, 0.6) is 5.75 Å². The first-order valence-corrected chi connectivity index (χ1v) is 8.34. The highest BCUT2D eigenvalue weighted by Crippen LogP contribution is 2.22. The Balaban J connectivity index is 1.65. The fourth-order valence-electron chi connectivity index (χ4n) is 2.38.